The maximum Gasteiger partial charge on any atom is 0.310 e. The highest BCUT2D eigenvalue weighted by molar-refractivity contribution is 9.09. The summed E-state index contributed by atoms with van der Waals surface area (Å²) in [6.45, 7) is 1.89. The predicted octanol–water partition coefficient (Wildman–Crippen LogP) is 2.21. The molecule has 0 unspecified atom stereocenters. The number of halogens is 1. The second kappa shape index (κ2) is 4.72. The molecule has 0 aromatic heterocycles. The number of hydrogen-bond acceptors (Lipinski definition) is 4. The van der Waals surface area contributed by atoms with Gasteiger partial charge in [-0.15, -0.1) is 0 Å². The zero-order valence-electron chi connectivity index (χ0n) is 12.0. The third kappa shape index (κ3) is 1.82. The van der Waals surface area contributed by atoms with E-state index in [1.807, 2.05) is 6.92 Å². The number of anilines is 1. The van der Waals surface area contributed by atoms with E-state index in [4.69, 9.17) is 4.74 Å². The molecule has 6 heteroatoms. The molecule has 6 atom stereocenters. The molecule has 1 heterocycles. The fourth-order valence-corrected chi connectivity index (χ4v) is 5.34. The molecule has 0 radical (unpaired) electrons. The van der Waals surface area contributed by atoms with Crippen molar-refractivity contribution in [2.75, 3.05) is 5.32 Å². The van der Waals surface area contributed by atoms with Gasteiger partial charge in [-0.2, -0.15) is 0 Å². The minimum atomic E-state index is -0.388. The normalized spacial score (nSPS) is 38.2. The van der Waals surface area contributed by atoms with Crippen LogP contribution in [-0.2, 0) is 14.3 Å². The van der Waals surface area contributed by atoms with Gasteiger partial charge in [0.15, 0.2) is 0 Å². The van der Waals surface area contributed by atoms with E-state index in [1.165, 1.54) is 0 Å². The first-order chi connectivity index (χ1) is 10.5. The van der Waals surface area contributed by atoms with Crippen LogP contribution in [0.5, 0.6) is 5.75 Å². The van der Waals surface area contributed by atoms with Gasteiger partial charge >= 0.3 is 5.97 Å². The van der Waals surface area contributed by atoms with Crippen LogP contribution in [0.2, 0.25) is 0 Å². The van der Waals surface area contributed by atoms with Crippen molar-refractivity contribution in [1.29, 1.82) is 0 Å². The van der Waals surface area contributed by atoms with Crippen LogP contribution in [0.3, 0.4) is 0 Å². The number of ether oxygens (including phenoxy) is 1. The number of phenols is 1. The fourth-order valence-electron chi connectivity index (χ4n) is 4.30. The predicted molar refractivity (Wildman–Crippen MR) is 82.6 cm³/mol. The van der Waals surface area contributed by atoms with Crippen LogP contribution in [0.15, 0.2) is 18.2 Å². The van der Waals surface area contributed by atoms with E-state index >= 15 is 0 Å². The minimum absolute atomic E-state index is 0.0318. The number of carbonyl (C=O) groups is 2. The second-order valence-corrected chi connectivity index (χ2v) is 7.53. The first-order valence-corrected chi connectivity index (χ1v) is 8.34. The number of benzene rings is 1. The second-order valence-electron chi connectivity index (χ2n) is 6.47. The zero-order chi connectivity index (χ0) is 15.6. The number of aryl methyl sites for hydroxylation is 1. The Morgan fingerprint density at radius 1 is 1.41 bits per heavy atom. The number of aromatic hydroxyl groups is 1. The highest BCUT2D eigenvalue weighted by Crippen LogP contribution is 2.60. The van der Waals surface area contributed by atoms with E-state index < -0.39 is 0 Å². The molecule has 1 amide bonds. The molecule has 4 rings (SSSR count). The van der Waals surface area contributed by atoms with Gasteiger partial charge in [0.05, 0.1) is 22.4 Å². The monoisotopic (exact) mass is 365 g/mol. The van der Waals surface area contributed by atoms with Crippen LogP contribution >= 0.6 is 15.9 Å². The quantitative estimate of drug-likeness (QED) is 0.478. The topological polar surface area (TPSA) is 75.6 Å². The van der Waals surface area contributed by atoms with Gasteiger partial charge in [-0.25, -0.2) is 0 Å². The number of amides is 1. The van der Waals surface area contributed by atoms with Crippen LogP contribution in [0.4, 0.5) is 5.69 Å². The number of alkyl halides is 1. The Morgan fingerprint density at radius 2 is 2.18 bits per heavy atom. The molecular weight excluding hydrogens is 350 g/mol. The molecular formula is C16H16BrNO4. The lowest BCUT2D eigenvalue weighted by Crippen LogP contribution is -2.40. The smallest absolute Gasteiger partial charge is 0.310 e. The molecule has 0 spiro atoms. The van der Waals surface area contributed by atoms with Gasteiger partial charge in [0.2, 0.25) is 5.91 Å². The molecule has 2 N–H and O–H groups in total. The van der Waals surface area contributed by atoms with Gasteiger partial charge in [-0.3, -0.25) is 9.59 Å². The van der Waals surface area contributed by atoms with Crippen LogP contribution in [0.25, 0.3) is 0 Å². The SMILES string of the molecule is Cc1ccc(O)c(NC(=O)[C@@H]2[C@H]3C[C@H]4[C@H](OC(=O)[C@H]42)[C@@H]3Br)c1. The number of esters is 1. The summed E-state index contributed by atoms with van der Waals surface area (Å²) in [4.78, 5) is 24.8. The average Bonchev–Trinajstić information content (AvgIpc) is 3.07. The molecule has 116 valence electrons. The Balaban J connectivity index is 1.61. The standard InChI is InChI=1S/C16H16BrNO4/c1-6-2-3-10(19)9(4-6)18-15(20)11-7-5-8-12(11)16(21)22-14(8)13(7)17/h2-4,7-8,11-14,19H,5H2,1H3,(H,18,20)/t7-,8-,11-,12-,13-,14+/m1/s1. The van der Waals surface area contributed by atoms with E-state index in [-0.39, 0.29) is 52.2 Å². The summed E-state index contributed by atoms with van der Waals surface area (Å²) in [5.74, 6) is -0.906. The van der Waals surface area contributed by atoms with Gasteiger partial charge in [0, 0.05) is 5.92 Å². The van der Waals surface area contributed by atoms with Gasteiger partial charge < -0.3 is 15.2 Å². The number of hydrogen-bond donors (Lipinski definition) is 2. The maximum atomic E-state index is 12.7. The van der Waals surface area contributed by atoms with Crippen molar-refractivity contribution < 1.29 is 19.4 Å². The first kappa shape index (κ1) is 14.1. The summed E-state index contributed by atoms with van der Waals surface area (Å²) in [5, 5.41) is 12.7. The largest absolute Gasteiger partial charge is 0.506 e. The Morgan fingerprint density at radius 3 is 2.95 bits per heavy atom. The van der Waals surface area contributed by atoms with E-state index in [1.54, 1.807) is 18.2 Å². The molecule has 1 aliphatic heterocycles. The third-order valence-corrected chi connectivity index (χ3v) is 6.44. The molecule has 3 fully saturated rings. The van der Waals surface area contributed by atoms with Gasteiger partial charge in [0.1, 0.15) is 11.9 Å². The van der Waals surface area contributed by atoms with Crippen molar-refractivity contribution in [2.45, 2.75) is 24.3 Å². The van der Waals surface area contributed by atoms with Crippen LogP contribution < -0.4 is 5.32 Å². The zero-order valence-corrected chi connectivity index (χ0v) is 13.5. The lowest BCUT2D eigenvalue weighted by Gasteiger charge is -2.27. The van der Waals surface area contributed by atoms with E-state index in [0.717, 1.165) is 12.0 Å². The summed E-state index contributed by atoms with van der Waals surface area (Å²) in [6, 6.07) is 5.05. The van der Waals surface area contributed by atoms with Gasteiger partial charge in [-0.05, 0) is 37.0 Å². The van der Waals surface area contributed by atoms with Crippen molar-refractivity contribution in [2.24, 2.45) is 23.7 Å². The summed E-state index contributed by atoms with van der Waals surface area (Å²) >= 11 is 3.59. The summed E-state index contributed by atoms with van der Waals surface area (Å²) < 4.78 is 5.41. The summed E-state index contributed by atoms with van der Waals surface area (Å²) in [5.41, 5.74) is 1.33. The molecule has 2 aliphatic carbocycles. The van der Waals surface area contributed by atoms with Crippen molar-refractivity contribution in [3.05, 3.63) is 23.8 Å². The number of rotatable bonds is 2. The molecule has 2 saturated carbocycles. The third-order valence-electron chi connectivity index (χ3n) is 5.24. The van der Waals surface area contributed by atoms with Crippen LogP contribution in [0, 0.1) is 30.6 Å². The fraction of sp³-hybridized carbons (Fsp3) is 0.500. The molecule has 5 nitrogen and oxygen atoms in total. The lowest BCUT2D eigenvalue weighted by atomic mass is 9.79. The lowest BCUT2D eigenvalue weighted by molar-refractivity contribution is -0.145. The van der Waals surface area contributed by atoms with Crippen molar-refractivity contribution in [3.8, 4) is 5.75 Å². The summed E-state index contributed by atoms with van der Waals surface area (Å²) in [6.07, 6.45) is 0.758. The molecule has 3 aliphatic rings. The van der Waals surface area contributed by atoms with Crippen molar-refractivity contribution in [3.63, 3.8) is 0 Å². The maximum absolute atomic E-state index is 12.7. The Hall–Kier alpha value is -1.56. The molecule has 1 aromatic carbocycles. The van der Waals surface area contributed by atoms with E-state index in [2.05, 4.69) is 21.2 Å². The van der Waals surface area contributed by atoms with Crippen molar-refractivity contribution in [1.82, 2.24) is 0 Å². The highest BCUT2D eigenvalue weighted by Gasteiger charge is 2.67. The number of carbonyl (C=O) groups excluding carboxylic acids is 2. The number of fused-ring (bicyclic) bond motifs is 1. The van der Waals surface area contributed by atoms with Gasteiger partial charge in [-0.1, -0.05) is 22.0 Å². The minimum Gasteiger partial charge on any atom is -0.506 e. The molecule has 2 bridgehead atoms. The number of nitrogens with one attached hydrogen (secondary N) is 1. The average molecular weight is 366 g/mol. The molecule has 22 heavy (non-hydrogen) atoms. The van der Waals surface area contributed by atoms with Crippen LogP contribution in [-0.4, -0.2) is 27.9 Å². The van der Waals surface area contributed by atoms with E-state index in [0.29, 0.717) is 5.69 Å². The van der Waals surface area contributed by atoms with E-state index in [9.17, 15) is 14.7 Å². The van der Waals surface area contributed by atoms with Gasteiger partial charge in [0.25, 0.3) is 0 Å². The Kier molecular flexibility index (Phi) is 3.01. The first-order valence-electron chi connectivity index (χ1n) is 7.42. The molecule has 1 saturated heterocycles. The summed E-state index contributed by atoms with van der Waals surface area (Å²) in [7, 11) is 0. The number of phenolic OH excluding ortho intramolecular Hbond substituents is 1. The van der Waals surface area contributed by atoms with Crippen LogP contribution in [0.1, 0.15) is 12.0 Å². The van der Waals surface area contributed by atoms with Crippen molar-refractivity contribution >= 4 is 33.5 Å². The Labute approximate surface area is 136 Å². The Bertz CT molecular complexity index is 676. The molecule has 1 aromatic rings. The highest BCUT2D eigenvalue weighted by atomic mass is 79.9.